The van der Waals surface area contributed by atoms with Gasteiger partial charge >= 0.3 is 0 Å². The van der Waals surface area contributed by atoms with Gasteiger partial charge < -0.3 is 10.2 Å². The number of rotatable bonds is 11. The van der Waals surface area contributed by atoms with Crippen LogP contribution in [0.15, 0.2) is 71.6 Å². The zero-order valence-electron chi connectivity index (χ0n) is 23.3. The lowest BCUT2D eigenvalue weighted by molar-refractivity contribution is -0.139. The van der Waals surface area contributed by atoms with Crippen molar-refractivity contribution in [2.24, 2.45) is 0 Å². The van der Waals surface area contributed by atoms with Gasteiger partial charge in [-0.1, -0.05) is 66.0 Å². The number of hydrogen-bond donors (Lipinski definition) is 1. The van der Waals surface area contributed by atoms with Crippen LogP contribution in [-0.2, 0) is 26.2 Å². The van der Waals surface area contributed by atoms with E-state index < -0.39 is 28.5 Å². The highest BCUT2D eigenvalue weighted by Gasteiger charge is 2.33. The average molecular weight is 605 g/mol. The van der Waals surface area contributed by atoms with E-state index in [1.807, 2.05) is 20.8 Å². The van der Waals surface area contributed by atoms with Gasteiger partial charge in [0.1, 0.15) is 12.6 Å². The Morgan fingerprint density at radius 2 is 1.55 bits per heavy atom. The van der Waals surface area contributed by atoms with Crippen molar-refractivity contribution in [2.45, 2.75) is 64.6 Å². The van der Waals surface area contributed by atoms with E-state index in [1.54, 1.807) is 68.4 Å². The molecule has 1 N–H and O–H groups in total. The molecule has 0 aromatic heterocycles. The van der Waals surface area contributed by atoms with E-state index in [0.717, 1.165) is 21.9 Å². The number of aryl methyl sites for hydroxylation is 1. The average Bonchev–Trinajstić information content (AvgIpc) is 2.92. The van der Waals surface area contributed by atoms with Crippen LogP contribution in [0.25, 0.3) is 0 Å². The highest BCUT2D eigenvalue weighted by Crippen LogP contribution is 2.31. The van der Waals surface area contributed by atoms with Crippen molar-refractivity contribution in [3.8, 4) is 0 Å². The Kier molecular flexibility index (Phi) is 10.6. The minimum atomic E-state index is -4.18. The summed E-state index contributed by atoms with van der Waals surface area (Å²) in [7, 11) is -4.18. The van der Waals surface area contributed by atoms with Gasteiger partial charge in [-0.25, -0.2) is 8.42 Å². The van der Waals surface area contributed by atoms with Gasteiger partial charge in [0, 0.05) is 22.6 Å². The summed E-state index contributed by atoms with van der Waals surface area (Å²) < 4.78 is 29.0. The molecule has 0 radical (unpaired) electrons. The van der Waals surface area contributed by atoms with Crippen molar-refractivity contribution in [1.82, 2.24) is 10.2 Å². The van der Waals surface area contributed by atoms with Crippen LogP contribution in [0.4, 0.5) is 5.69 Å². The molecule has 3 rings (SSSR count). The van der Waals surface area contributed by atoms with E-state index in [0.29, 0.717) is 15.6 Å². The summed E-state index contributed by atoms with van der Waals surface area (Å²) in [4.78, 5) is 28.6. The summed E-state index contributed by atoms with van der Waals surface area (Å²) in [5, 5.41) is 3.83. The number of carbonyl (C=O) groups is 2. The molecule has 0 saturated heterocycles. The van der Waals surface area contributed by atoms with Crippen LogP contribution in [0.5, 0.6) is 0 Å². The van der Waals surface area contributed by atoms with Crippen LogP contribution >= 0.6 is 23.2 Å². The molecule has 7 nitrogen and oxygen atoms in total. The largest absolute Gasteiger partial charge is 0.352 e. The van der Waals surface area contributed by atoms with Gasteiger partial charge in [-0.3, -0.25) is 13.9 Å². The van der Waals surface area contributed by atoms with Crippen LogP contribution in [0.1, 0.15) is 43.9 Å². The van der Waals surface area contributed by atoms with Crippen LogP contribution in [0.3, 0.4) is 0 Å². The van der Waals surface area contributed by atoms with Crippen molar-refractivity contribution in [1.29, 1.82) is 0 Å². The molecule has 2 atom stereocenters. The second-order valence-corrected chi connectivity index (χ2v) is 12.6. The fraction of sp³-hybridized carbons (Fsp3) is 0.333. The predicted molar refractivity (Wildman–Crippen MR) is 161 cm³/mol. The molecule has 3 aromatic rings. The molecule has 2 amide bonds. The molecule has 0 saturated carbocycles. The molecule has 0 spiro atoms. The Hall–Kier alpha value is -3.07. The minimum Gasteiger partial charge on any atom is -0.352 e. The highest BCUT2D eigenvalue weighted by atomic mass is 35.5. The second-order valence-electron chi connectivity index (χ2n) is 9.85. The number of halogens is 2. The Balaban J connectivity index is 2.06. The third-order valence-corrected chi connectivity index (χ3v) is 9.27. The predicted octanol–water partition coefficient (Wildman–Crippen LogP) is 6.14. The summed E-state index contributed by atoms with van der Waals surface area (Å²) in [6, 6.07) is 17.3. The standard InChI is InChI=1S/C30H35Cl2N3O4S/c1-6-21(3)33-30(37)23(5)34(18-24-12-14-25(31)15-13-24)29(36)19-35(28-9-7-8-27(32)22(28)4)40(38,39)26-16-10-20(2)11-17-26/h7-17,21,23H,6,18-19H2,1-5H3,(H,33,37)/t21-,23-/m0/s1. The first-order valence-electron chi connectivity index (χ1n) is 13.0. The summed E-state index contributed by atoms with van der Waals surface area (Å²) >= 11 is 12.4. The van der Waals surface area contributed by atoms with E-state index in [4.69, 9.17) is 23.2 Å². The van der Waals surface area contributed by atoms with E-state index in [1.165, 1.54) is 17.0 Å². The number of hydrogen-bond acceptors (Lipinski definition) is 4. The maximum Gasteiger partial charge on any atom is 0.264 e. The van der Waals surface area contributed by atoms with Gasteiger partial charge in [-0.05, 0) is 81.6 Å². The molecule has 0 aliphatic rings. The van der Waals surface area contributed by atoms with Crippen molar-refractivity contribution in [3.63, 3.8) is 0 Å². The SMILES string of the molecule is CC[C@H](C)NC(=O)[C@H](C)N(Cc1ccc(Cl)cc1)C(=O)CN(c1cccc(Cl)c1C)S(=O)(=O)c1ccc(C)cc1. The monoisotopic (exact) mass is 603 g/mol. The number of carbonyl (C=O) groups excluding carboxylic acids is 2. The molecule has 0 bridgehead atoms. The molecular formula is C30H35Cl2N3O4S. The third-order valence-electron chi connectivity index (χ3n) is 6.83. The number of anilines is 1. The van der Waals surface area contributed by atoms with E-state index in [2.05, 4.69) is 5.32 Å². The van der Waals surface area contributed by atoms with Gasteiger partial charge in [-0.15, -0.1) is 0 Å². The lowest BCUT2D eigenvalue weighted by Crippen LogP contribution is -2.52. The second kappa shape index (κ2) is 13.5. The first-order valence-corrected chi connectivity index (χ1v) is 15.2. The van der Waals surface area contributed by atoms with Crippen molar-refractivity contribution < 1.29 is 18.0 Å². The Labute approximate surface area is 247 Å². The van der Waals surface area contributed by atoms with E-state index in [-0.39, 0.29) is 29.1 Å². The lowest BCUT2D eigenvalue weighted by atomic mass is 10.1. The summed E-state index contributed by atoms with van der Waals surface area (Å²) in [5.74, 6) is -0.875. The quantitative estimate of drug-likeness (QED) is 0.285. The van der Waals surface area contributed by atoms with Crippen molar-refractivity contribution in [3.05, 3.63) is 93.5 Å². The summed E-state index contributed by atoms with van der Waals surface area (Å²) in [6.07, 6.45) is 0.722. The highest BCUT2D eigenvalue weighted by molar-refractivity contribution is 7.92. The molecule has 214 valence electrons. The van der Waals surface area contributed by atoms with Gasteiger partial charge in [-0.2, -0.15) is 0 Å². The smallest absolute Gasteiger partial charge is 0.264 e. The number of amides is 2. The zero-order valence-corrected chi connectivity index (χ0v) is 25.6. The number of sulfonamides is 1. The first kappa shape index (κ1) is 31.5. The topological polar surface area (TPSA) is 86.8 Å². The fourth-order valence-corrected chi connectivity index (χ4v) is 5.82. The molecular weight excluding hydrogens is 569 g/mol. The number of benzene rings is 3. The molecule has 0 aliphatic carbocycles. The van der Waals surface area contributed by atoms with Crippen LogP contribution in [0, 0.1) is 13.8 Å². The fourth-order valence-electron chi connectivity index (χ4n) is 4.05. The summed E-state index contributed by atoms with van der Waals surface area (Å²) in [5.41, 5.74) is 2.44. The Morgan fingerprint density at radius 1 is 0.925 bits per heavy atom. The van der Waals surface area contributed by atoms with Crippen LogP contribution in [-0.4, -0.2) is 43.8 Å². The van der Waals surface area contributed by atoms with E-state index in [9.17, 15) is 18.0 Å². The van der Waals surface area contributed by atoms with Gasteiger partial charge in [0.2, 0.25) is 11.8 Å². The van der Waals surface area contributed by atoms with E-state index >= 15 is 0 Å². The maximum absolute atomic E-state index is 14.0. The number of nitrogens with one attached hydrogen (secondary N) is 1. The van der Waals surface area contributed by atoms with Crippen LogP contribution in [0.2, 0.25) is 10.0 Å². The lowest BCUT2D eigenvalue weighted by Gasteiger charge is -2.33. The number of nitrogens with zero attached hydrogens (tertiary/aromatic N) is 2. The summed E-state index contributed by atoms with van der Waals surface area (Å²) in [6.45, 7) is 8.58. The molecule has 0 aliphatic heterocycles. The Bertz CT molecular complexity index is 1440. The molecule has 10 heteroatoms. The third kappa shape index (κ3) is 7.56. The minimum absolute atomic E-state index is 0.0390. The molecule has 40 heavy (non-hydrogen) atoms. The zero-order chi connectivity index (χ0) is 29.6. The maximum atomic E-state index is 14.0. The molecule has 0 unspecified atom stereocenters. The molecule has 0 fully saturated rings. The van der Waals surface area contributed by atoms with Gasteiger partial charge in [0.25, 0.3) is 10.0 Å². The molecule has 0 heterocycles. The Morgan fingerprint density at radius 3 is 2.15 bits per heavy atom. The van der Waals surface area contributed by atoms with Gasteiger partial charge in [0.15, 0.2) is 0 Å². The first-order chi connectivity index (χ1) is 18.8. The van der Waals surface area contributed by atoms with Crippen molar-refractivity contribution >= 4 is 50.7 Å². The normalized spacial score (nSPS) is 12.9. The van der Waals surface area contributed by atoms with Crippen molar-refractivity contribution in [2.75, 3.05) is 10.8 Å². The van der Waals surface area contributed by atoms with Gasteiger partial charge in [0.05, 0.1) is 10.6 Å². The molecule has 3 aromatic carbocycles. The van der Waals surface area contributed by atoms with Crippen LogP contribution < -0.4 is 9.62 Å².